The van der Waals surface area contributed by atoms with Crippen LogP contribution >= 0.6 is 0 Å². The maximum absolute atomic E-state index is 12.1. The van der Waals surface area contributed by atoms with Gasteiger partial charge in [0.15, 0.2) is 0 Å². The van der Waals surface area contributed by atoms with Gasteiger partial charge < -0.3 is 10.1 Å². The topological polar surface area (TPSA) is 38.3 Å². The van der Waals surface area contributed by atoms with Crippen LogP contribution in [0.15, 0.2) is 18.2 Å². The van der Waals surface area contributed by atoms with Gasteiger partial charge in [0.1, 0.15) is 0 Å². The van der Waals surface area contributed by atoms with Crippen LogP contribution in [0.25, 0.3) is 0 Å². The summed E-state index contributed by atoms with van der Waals surface area (Å²) in [6.45, 7) is 4.13. The van der Waals surface area contributed by atoms with E-state index in [1.54, 1.807) is 7.11 Å². The van der Waals surface area contributed by atoms with Crippen molar-refractivity contribution >= 4 is 5.91 Å². The summed E-state index contributed by atoms with van der Waals surface area (Å²) >= 11 is 0. The van der Waals surface area contributed by atoms with Gasteiger partial charge >= 0.3 is 0 Å². The summed E-state index contributed by atoms with van der Waals surface area (Å²) in [5.41, 5.74) is 3.51. The van der Waals surface area contributed by atoms with Crippen LogP contribution in [-0.4, -0.2) is 19.1 Å². The van der Waals surface area contributed by atoms with Gasteiger partial charge in [-0.05, 0) is 45.1 Å². The summed E-state index contributed by atoms with van der Waals surface area (Å²) in [5, 5.41) is 3.07. The molecule has 3 heteroatoms. The molecule has 0 bridgehead atoms. The quantitative estimate of drug-likeness (QED) is 0.916. The molecular formula is C17H24NO2. The highest BCUT2D eigenvalue weighted by Crippen LogP contribution is 2.25. The molecule has 1 aromatic carbocycles. The van der Waals surface area contributed by atoms with Gasteiger partial charge in [0, 0.05) is 7.11 Å². The molecule has 0 aromatic heterocycles. The second kappa shape index (κ2) is 6.89. The smallest absolute Gasteiger partial charge is 0.224 e. The Balaban J connectivity index is 1.83. The van der Waals surface area contributed by atoms with Gasteiger partial charge in [-0.3, -0.25) is 4.79 Å². The molecule has 0 unspecified atom stereocenters. The van der Waals surface area contributed by atoms with Crippen LogP contribution in [0.5, 0.6) is 0 Å². The highest BCUT2D eigenvalue weighted by atomic mass is 16.5. The lowest BCUT2D eigenvalue weighted by atomic mass is 9.92. The monoisotopic (exact) mass is 274 g/mol. The summed E-state index contributed by atoms with van der Waals surface area (Å²) in [4.78, 5) is 12.1. The Bertz CT molecular complexity index is 442. The van der Waals surface area contributed by atoms with Crippen molar-refractivity contribution in [1.82, 2.24) is 5.32 Å². The fourth-order valence-electron chi connectivity index (χ4n) is 2.90. The molecule has 1 radical (unpaired) electrons. The van der Waals surface area contributed by atoms with Crippen molar-refractivity contribution in [3.63, 3.8) is 0 Å². The van der Waals surface area contributed by atoms with Crippen molar-refractivity contribution in [2.45, 2.75) is 52.1 Å². The number of amides is 1. The van der Waals surface area contributed by atoms with Crippen molar-refractivity contribution in [3.8, 4) is 0 Å². The lowest BCUT2D eigenvalue weighted by molar-refractivity contribution is -0.120. The normalized spacial score (nSPS) is 17.1. The van der Waals surface area contributed by atoms with E-state index < -0.39 is 0 Å². The van der Waals surface area contributed by atoms with Crippen LogP contribution in [0.3, 0.4) is 0 Å². The van der Waals surface area contributed by atoms with Gasteiger partial charge in [-0.25, -0.2) is 0 Å². The first-order valence-corrected chi connectivity index (χ1v) is 7.31. The number of aryl methyl sites for hydroxylation is 2. The van der Waals surface area contributed by atoms with Gasteiger partial charge in [-0.2, -0.15) is 0 Å². The molecule has 1 fully saturated rings. The number of rotatable bonds is 4. The van der Waals surface area contributed by atoms with E-state index in [0.717, 1.165) is 37.3 Å². The van der Waals surface area contributed by atoms with E-state index in [-0.39, 0.29) is 5.91 Å². The van der Waals surface area contributed by atoms with E-state index in [1.807, 2.05) is 0 Å². The zero-order chi connectivity index (χ0) is 14.5. The van der Waals surface area contributed by atoms with Gasteiger partial charge in [-0.1, -0.05) is 29.3 Å². The van der Waals surface area contributed by atoms with Crippen LogP contribution < -0.4 is 5.32 Å². The molecule has 1 amide bonds. The Kier molecular flexibility index (Phi) is 5.18. The number of nitrogens with one attached hydrogen (secondary N) is 1. The molecule has 0 atom stereocenters. The summed E-state index contributed by atoms with van der Waals surface area (Å²) in [6, 6.07) is 7.45. The third-order valence-corrected chi connectivity index (χ3v) is 3.83. The molecule has 1 saturated carbocycles. The van der Waals surface area contributed by atoms with Gasteiger partial charge in [-0.15, -0.1) is 0 Å². The Morgan fingerprint density at radius 3 is 2.35 bits per heavy atom. The largest absolute Gasteiger partial charge is 0.381 e. The lowest BCUT2D eigenvalue weighted by Crippen LogP contribution is -2.33. The third-order valence-electron chi connectivity index (χ3n) is 3.83. The first-order chi connectivity index (χ1) is 9.56. The van der Waals surface area contributed by atoms with Gasteiger partial charge in [0.05, 0.1) is 18.6 Å². The third kappa shape index (κ3) is 4.34. The molecule has 0 aliphatic heterocycles. The Hall–Kier alpha value is -1.35. The number of carbonyl (C=O) groups excluding carboxylic acids is 1. The molecule has 109 valence electrons. The van der Waals surface area contributed by atoms with E-state index in [0.29, 0.717) is 12.5 Å². The fraction of sp³-hybridized carbons (Fsp3) is 0.529. The number of methoxy groups -OCH3 is 1. The van der Waals surface area contributed by atoms with Crippen molar-refractivity contribution in [2.75, 3.05) is 7.11 Å². The highest BCUT2D eigenvalue weighted by Gasteiger charge is 2.22. The molecule has 1 N–H and O–H groups in total. The molecular weight excluding hydrogens is 250 g/mol. The Morgan fingerprint density at radius 2 is 1.80 bits per heavy atom. The maximum atomic E-state index is 12.1. The fourth-order valence-corrected chi connectivity index (χ4v) is 2.90. The first kappa shape index (κ1) is 15.0. The lowest BCUT2D eigenvalue weighted by Gasteiger charge is -2.27. The maximum Gasteiger partial charge on any atom is 0.224 e. The first-order valence-electron chi connectivity index (χ1n) is 7.31. The van der Waals surface area contributed by atoms with Crippen LogP contribution in [0.4, 0.5) is 0 Å². The Morgan fingerprint density at radius 1 is 1.20 bits per heavy atom. The van der Waals surface area contributed by atoms with Gasteiger partial charge in [0.25, 0.3) is 0 Å². The average Bonchev–Trinajstić information content (AvgIpc) is 2.38. The van der Waals surface area contributed by atoms with Crippen LogP contribution in [0, 0.1) is 19.9 Å². The number of carbonyl (C=O) groups is 1. The minimum Gasteiger partial charge on any atom is -0.381 e. The van der Waals surface area contributed by atoms with E-state index in [1.165, 1.54) is 11.1 Å². The van der Waals surface area contributed by atoms with E-state index >= 15 is 0 Å². The molecule has 1 aliphatic rings. The molecule has 1 aromatic rings. The van der Waals surface area contributed by atoms with Gasteiger partial charge in [0.2, 0.25) is 5.91 Å². The molecule has 0 saturated heterocycles. The standard InChI is InChI=1S/C17H24NO2/c1-12-8-13(2)10-14(9-12)11-17(19)18-15-4-6-16(20-3)7-5-15/h8-10,16H,4-7,11H2,1-3H3,(H,18,19). The molecule has 20 heavy (non-hydrogen) atoms. The minimum atomic E-state index is 0.0980. The summed E-state index contributed by atoms with van der Waals surface area (Å²) in [7, 11) is 1.76. The number of ether oxygens (including phenoxy) is 1. The molecule has 0 heterocycles. The molecule has 0 spiro atoms. The molecule has 3 nitrogen and oxygen atoms in total. The average molecular weight is 274 g/mol. The van der Waals surface area contributed by atoms with Crippen molar-refractivity contribution in [1.29, 1.82) is 0 Å². The number of hydrogen-bond donors (Lipinski definition) is 1. The second-order valence-corrected chi connectivity index (χ2v) is 5.76. The zero-order valence-electron chi connectivity index (χ0n) is 12.7. The van der Waals surface area contributed by atoms with Crippen molar-refractivity contribution in [2.24, 2.45) is 0 Å². The van der Waals surface area contributed by atoms with Crippen molar-refractivity contribution in [3.05, 3.63) is 40.9 Å². The summed E-state index contributed by atoms with van der Waals surface area (Å²) in [5.74, 6) is 0.0980. The summed E-state index contributed by atoms with van der Waals surface area (Å²) < 4.78 is 5.34. The Labute approximate surface area is 121 Å². The SMILES string of the molecule is COC1CC[C](NC(=O)Cc2cc(C)cc(C)c2)CC1. The van der Waals surface area contributed by atoms with E-state index in [4.69, 9.17) is 4.74 Å². The zero-order valence-corrected chi connectivity index (χ0v) is 12.7. The predicted molar refractivity (Wildman–Crippen MR) is 80.3 cm³/mol. The van der Waals surface area contributed by atoms with Crippen LogP contribution in [0.2, 0.25) is 0 Å². The minimum absolute atomic E-state index is 0.0980. The number of hydrogen-bond acceptors (Lipinski definition) is 2. The second-order valence-electron chi connectivity index (χ2n) is 5.76. The van der Waals surface area contributed by atoms with E-state index in [9.17, 15) is 4.79 Å². The van der Waals surface area contributed by atoms with E-state index in [2.05, 4.69) is 37.4 Å². The molecule has 1 aliphatic carbocycles. The van der Waals surface area contributed by atoms with Crippen LogP contribution in [0.1, 0.15) is 42.4 Å². The van der Waals surface area contributed by atoms with Crippen LogP contribution in [-0.2, 0) is 16.0 Å². The number of benzene rings is 1. The highest BCUT2D eigenvalue weighted by molar-refractivity contribution is 5.79. The molecule has 2 rings (SSSR count). The summed E-state index contributed by atoms with van der Waals surface area (Å²) in [6.07, 6.45) is 4.72. The van der Waals surface area contributed by atoms with Crippen molar-refractivity contribution < 1.29 is 9.53 Å². The predicted octanol–water partition coefficient (Wildman–Crippen LogP) is 3.08.